The molecule has 6 fully saturated rings. The standard InChI is InChI=1S/C25H34N4O6/c1-26-21(32)25(28(22(26)33)11-17-12-35-13-17)14-24(15-25)7-5-18(6-8-24)29-20(31)9-19(30)27(23(29)34)10-16-3-2-4-16/h16-18H,2-15H2,1H3. The van der Waals surface area contributed by atoms with Gasteiger partial charge in [0.15, 0.2) is 0 Å². The van der Waals surface area contributed by atoms with Crippen LogP contribution in [0.25, 0.3) is 0 Å². The first-order valence-corrected chi connectivity index (χ1v) is 13.1. The van der Waals surface area contributed by atoms with Crippen LogP contribution in [0.3, 0.4) is 0 Å². The Bertz CT molecular complexity index is 972. The number of carbonyl (C=O) groups is 5. The van der Waals surface area contributed by atoms with E-state index in [1.54, 1.807) is 11.9 Å². The Kier molecular flexibility index (Phi) is 5.25. The number of amides is 7. The number of hydrogen-bond acceptors (Lipinski definition) is 6. The number of barbiturate groups is 1. The summed E-state index contributed by atoms with van der Waals surface area (Å²) in [6.07, 6.45) is 7.20. The van der Waals surface area contributed by atoms with Gasteiger partial charge >= 0.3 is 12.1 Å². The number of imide groups is 3. The summed E-state index contributed by atoms with van der Waals surface area (Å²) in [4.78, 5) is 70.0. The van der Waals surface area contributed by atoms with Crippen LogP contribution in [0.4, 0.5) is 9.59 Å². The molecule has 3 aliphatic heterocycles. The highest BCUT2D eigenvalue weighted by Gasteiger charge is 2.68. The topological polar surface area (TPSA) is 108 Å². The first-order chi connectivity index (χ1) is 16.7. The first kappa shape index (κ1) is 22.9. The van der Waals surface area contributed by atoms with Gasteiger partial charge in [0.1, 0.15) is 12.0 Å². The van der Waals surface area contributed by atoms with Crippen LogP contribution < -0.4 is 0 Å². The number of likely N-dealkylation sites (N-methyl/N-ethyl adjacent to an activating group) is 1. The van der Waals surface area contributed by atoms with Crippen LogP contribution in [0.15, 0.2) is 0 Å². The Morgan fingerprint density at radius 3 is 2.11 bits per heavy atom. The number of rotatable bonds is 5. The van der Waals surface area contributed by atoms with Crippen molar-refractivity contribution in [1.82, 2.24) is 19.6 Å². The predicted molar refractivity (Wildman–Crippen MR) is 122 cm³/mol. The van der Waals surface area contributed by atoms with E-state index >= 15 is 0 Å². The molecule has 10 nitrogen and oxygen atoms in total. The van der Waals surface area contributed by atoms with E-state index in [0.717, 1.165) is 32.1 Å². The molecule has 0 aromatic carbocycles. The Balaban J connectivity index is 1.11. The molecule has 3 saturated carbocycles. The largest absolute Gasteiger partial charge is 0.381 e. The summed E-state index contributed by atoms with van der Waals surface area (Å²) in [5, 5.41) is 0. The monoisotopic (exact) mass is 486 g/mol. The lowest BCUT2D eigenvalue weighted by molar-refractivity contribution is -0.154. The molecule has 190 valence electrons. The Labute approximate surface area is 204 Å². The fourth-order valence-electron chi connectivity index (χ4n) is 7.26. The number of nitrogens with zero attached hydrogens (tertiary/aromatic N) is 4. The molecule has 0 radical (unpaired) electrons. The van der Waals surface area contributed by atoms with Crippen LogP contribution in [0.2, 0.25) is 0 Å². The van der Waals surface area contributed by atoms with Crippen LogP contribution in [0, 0.1) is 17.3 Å². The second kappa shape index (κ2) is 8.01. The maximum Gasteiger partial charge on any atom is 0.333 e. The number of urea groups is 2. The first-order valence-electron chi connectivity index (χ1n) is 13.1. The molecule has 2 spiro atoms. The Morgan fingerprint density at radius 2 is 1.54 bits per heavy atom. The summed E-state index contributed by atoms with van der Waals surface area (Å²) in [7, 11) is 1.57. The molecule has 3 heterocycles. The highest BCUT2D eigenvalue weighted by Crippen LogP contribution is 2.61. The molecule has 35 heavy (non-hydrogen) atoms. The molecule has 0 aromatic rings. The van der Waals surface area contributed by atoms with Crippen LogP contribution in [0.1, 0.15) is 64.2 Å². The minimum Gasteiger partial charge on any atom is -0.381 e. The van der Waals surface area contributed by atoms with Gasteiger partial charge in [-0.2, -0.15) is 0 Å². The van der Waals surface area contributed by atoms with Crippen molar-refractivity contribution in [2.75, 3.05) is 33.4 Å². The van der Waals surface area contributed by atoms with Gasteiger partial charge in [-0.05, 0) is 62.7 Å². The van der Waals surface area contributed by atoms with Crippen molar-refractivity contribution in [1.29, 1.82) is 0 Å². The summed E-state index contributed by atoms with van der Waals surface area (Å²) in [6, 6.07) is -0.872. The lowest BCUT2D eigenvalue weighted by atomic mass is 9.51. The summed E-state index contributed by atoms with van der Waals surface area (Å²) in [5.74, 6) is -0.228. The van der Waals surface area contributed by atoms with E-state index in [1.807, 2.05) is 0 Å². The van der Waals surface area contributed by atoms with Crippen molar-refractivity contribution < 1.29 is 28.7 Å². The van der Waals surface area contributed by atoms with Gasteiger partial charge in [-0.3, -0.25) is 29.1 Å². The van der Waals surface area contributed by atoms with E-state index < -0.39 is 11.6 Å². The quantitative estimate of drug-likeness (QED) is 0.434. The fraction of sp³-hybridized carbons (Fsp3) is 0.800. The van der Waals surface area contributed by atoms with Crippen molar-refractivity contribution in [3.8, 4) is 0 Å². The normalized spacial score (nSPS) is 36.4. The van der Waals surface area contributed by atoms with Crippen molar-refractivity contribution in [3.05, 3.63) is 0 Å². The minimum absolute atomic E-state index is 0.0463. The highest BCUT2D eigenvalue weighted by molar-refractivity contribution is 6.14. The van der Waals surface area contributed by atoms with E-state index in [4.69, 9.17) is 4.74 Å². The second-order valence-corrected chi connectivity index (χ2v) is 11.8. The summed E-state index contributed by atoms with van der Waals surface area (Å²) in [5.41, 5.74) is -0.799. The molecule has 7 amide bonds. The van der Waals surface area contributed by atoms with Gasteiger partial charge in [-0.25, -0.2) is 9.59 Å². The van der Waals surface area contributed by atoms with Gasteiger partial charge in [-0.15, -0.1) is 0 Å². The summed E-state index contributed by atoms with van der Waals surface area (Å²) >= 11 is 0. The molecule has 6 aliphatic rings. The molecule has 6 rings (SSSR count). The molecule has 3 saturated heterocycles. The summed E-state index contributed by atoms with van der Waals surface area (Å²) < 4.78 is 5.27. The summed E-state index contributed by atoms with van der Waals surface area (Å²) in [6.45, 7) is 2.23. The van der Waals surface area contributed by atoms with Crippen molar-refractivity contribution in [3.63, 3.8) is 0 Å². The highest BCUT2D eigenvalue weighted by atomic mass is 16.5. The van der Waals surface area contributed by atoms with Crippen LogP contribution in [0.5, 0.6) is 0 Å². The van der Waals surface area contributed by atoms with E-state index in [9.17, 15) is 24.0 Å². The van der Waals surface area contributed by atoms with E-state index in [2.05, 4.69) is 0 Å². The maximum absolute atomic E-state index is 13.2. The van der Waals surface area contributed by atoms with Crippen molar-refractivity contribution in [2.24, 2.45) is 17.3 Å². The zero-order valence-electron chi connectivity index (χ0n) is 20.4. The van der Waals surface area contributed by atoms with Gasteiger partial charge in [0.2, 0.25) is 11.8 Å². The van der Waals surface area contributed by atoms with Crippen LogP contribution in [-0.2, 0) is 19.1 Å². The smallest absolute Gasteiger partial charge is 0.333 e. The predicted octanol–water partition coefficient (Wildman–Crippen LogP) is 1.97. The molecule has 10 heteroatoms. The third-order valence-electron chi connectivity index (χ3n) is 9.58. The Morgan fingerprint density at radius 1 is 0.857 bits per heavy atom. The molecule has 0 unspecified atom stereocenters. The SMILES string of the molecule is CN1C(=O)N(CC2COC2)C2(CC3(CCC(N4C(=O)CC(=O)N(CC5CCC5)C4=O)CC3)C2)C1=O. The lowest BCUT2D eigenvalue weighted by Gasteiger charge is -2.59. The minimum atomic E-state index is -0.753. The van der Waals surface area contributed by atoms with Gasteiger partial charge in [0, 0.05) is 32.1 Å². The third kappa shape index (κ3) is 3.42. The molecular weight excluding hydrogens is 452 g/mol. The zero-order valence-corrected chi connectivity index (χ0v) is 20.4. The molecule has 0 aromatic heterocycles. The number of ether oxygens (including phenoxy) is 1. The fourth-order valence-corrected chi connectivity index (χ4v) is 7.26. The lowest BCUT2D eigenvalue weighted by Crippen LogP contribution is -2.66. The van der Waals surface area contributed by atoms with Crippen molar-refractivity contribution in [2.45, 2.75) is 75.8 Å². The Hall–Kier alpha value is -2.49. The molecule has 0 bridgehead atoms. The number of carbonyl (C=O) groups excluding carboxylic acids is 5. The van der Waals surface area contributed by atoms with Crippen molar-refractivity contribution >= 4 is 29.8 Å². The molecule has 3 aliphatic carbocycles. The average molecular weight is 487 g/mol. The van der Waals surface area contributed by atoms with E-state index in [-0.39, 0.29) is 47.5 Å². The van der Waals surface area contributed by atoms with Gasteiger partial charge < -0.3 is 9.64 Å². The van der Waals surface area contributed by atoms with Gasteiger partial charge in [0.25, 0.3) is 5.91 Å². The van der Waals surface area contributed by atoms with E-state index in [0.29, 0.717) is 57.9 Å². The molecule has 0 N–H and O–H groups in total. The van der Waals surface area contributed by atoms with Gasteiger partial charge in [-0.1, -0.05) is 6.42 Å². The van der Waals surface area contributed by atoms with E-state index in [1.165, 1.54) is 14.7 Å². The number of hydrogen-bond donors (Lipinski definition) is 0. The third-order valence-corrected chi connectivity index (χ3v) is 9.58. The van der Waals surface area contributed by atoms with Crippen LogP contribution >= 0.6 is 0 Å². The molecular formula is C25H34N4O6. The molecule has 0 atom stereocenters. The maximum atomic E-state index is 13.2. The average Bonchev–Trinajstić information content (AvgIpc) is 2.91. The van der Waals surface area contributed by atoms with Gasteiger partial charge in [0.05, 0.1) is 13.2 Å². The second-order valence-electron chi connectivity index (χ2n) is 11.8. The van der Waals surface area contributed by atoms with Crippen LogP contribution in [-0.4, -0.2) is 94.3 Å². The zero-order chi connectivity index (χ0) is 24.5.